The molecule has 118 valence electrons. The molecule has 0 saturated heterocycles. The maximum atomic E-state index is 12.1. The quantitative estimate of drug-likeness (QED) is 0.758. The zero-order valence-electron chi connectivity index (χ0n) is 11.7. The van der Waals surface area contributed by atoms with Crippen LogP contribution in [0.2, 0.25) is 0 Å². The normalized spacial score (nSPS) is 17.6. The number of nitrogens with one attached hydrogen (secondary N) is 1. The molecule has 1 aromatic carbocycles. The standard InChI is InChI=1S/C13H19NO5S2/c1-20(16,17)11-2-4-12(5-3-11)21(18,19)14-10-13(6-7-13)8-9-15/h2-5,14-15H,6-10H2,1H3. The molecule has 0 aromatic heterocycles. The van der Waals surface area contributed by atoms with Gasteiger partial charge in [0.25, 0.3) is 0 Å². The lowest BCUT2D eigenvalue weighted by atomic mass is 10.0. The summed E-state index contributed by atoms with van der Waals surface area (Å²) in [7, 11) is -7.00. The fourth-order valence-electron chi connectivity index (χ4n) is 2.13. The zero-order chi connectivity index (χ0) is 15.7. The van der Waals surface area contributed by atoms with Gasteiger partial charge in [-0.25, -0.2) is 21.6 Å². The van der Waals surface area contributed by atoms with Crippen LogP contribution in [0.25, 0.3) is 0 Å². The molecule has 0 aliphatic heterocycles. The molecule has 1 aromatic rings. The number of aliphatic hydroxyl groups excluding tert-OH is 1. The molecule has 0 unspecified atom stereocenters. The van der Waals surface area contributed by atoms with E-state index in [4.69, 9.17) is 5.11 Å². The van der Waals surface area contributed by atoms with E-state index < -0.39 is 19.9 Å². The largest absolute Gasteiger partial charge is 0.396 e. The first-order valence-corrected chi connectivity index (χ1v) is 9.97. The highest BCUT2D eigenvalue weighted by molar-refractivity contribution is 7.90. The number of aliphatic hydroxyl groups is 1. The Kier molecular flexibility index (Phi) is 4.44. The molecule has 2 N–H and O–H groups in total. The highest BCUT2D eigenvalue weighted by Crippen LogP contribution is 2.48. The highest BCUT2D eigenvalue weighted by Gasteiger charge is 2.42. The minimum absolute atomic E-state index is 0.0368. The molecule has 0 amide bonds. The van der Waals surface area contributed by atoms with Crippen LogP contribution in [0.15, 0.2) is 34.1 Å². The third-order valence-electron chi connectivity index (χ3n) is 3.80. The molecule has 1 fully saturated rings. The second kappa shape index (κ2) is 5.68. The Morgan fingerprint density at radius 1 is 1.10 bits per heavy atom. The van der Waals surface area contributed by atoms with E-state index in [1.54, 1.807) is 0 Å². The summed E-state index contributed by atoms with van der Waals surface area (Å²) in [5.41, 5.74) is -0.117. The van der Waals surface area contributed by atoms with Gasteiger partial charge in [-0.05, 0) is 48.9 Å². The van der Waals surface area contributed by atoms with Crippen LogP contribution < -0.4 is 4.72 Å². The van der Waals surface area contributed by atoms with Crippen molar-refractivity contribution in [3.05, 3.63) is 24.3 Å². The van der Waals surface area contributed by atoms with E-state index in [1.165, 1.54) is 24.3 Å². The molecule has 0 spiro atoms. The molecule has 0 radical (unpaired) electrons. The average Bonchev–Trinajstić information content (AvgIpc) is 3.17. The van der Waals surface area contributed by atoms with Crippen molar-refractivity contribution in [2.45, 2.75) is 29.1 Å². The Morgan fingerprint density at radius 2 is 1.62 bits per heavy atom. The van der Waals surface area contributed by atoms with E-state index in [2.05, 4.69) is 4.72 Å². The number of hydrogen-bond acceptors (Lipinski definition) is 5. The van der Waals surface area contributed by atoms with Crippen LogP contribution in [0.5, 0.6) is 0 Å². The Hall–Kier alpha value is -0.960. The van der Waals surface area contributed by atoms with E-state index in [-0.39, 0.29) is 21.8 Å². The molecule has 1 aliphatic rings. The second-order valence-corrected chi connectivity index (χ2v) is 9.32. The van der Waals surface area contributed by atoms with E-state index in [0.29, 0.717) is 13.0 Å². The topological polar surface area (TPSA) is 101 Å². The van der Waals surface area contributed by atoms with Gasteiger partial charge in [-0.15, -0.1) is 0 Å². The molecule has 0 heterocycles. The fourth-order valence-corrected chi connectivity index (χ4v) is 3.91. The summed E-state index contributed by atoms with van der Waals surface area (Å²) in [5.74, 6) is 0. The summed E-state index contributed by atoms with van der Waals surface area (Å²) in [6, 6.07) is 5.13. The maximum Gasteiger partial charge on any atom is 0.240 e. The van der Waals surface area contributed by atoms with Crippen LogP contribution in [0.1, 0.15) is 19.3 Å². The van der Waals surface area contributed by atoms with Gasteiger partial charge in [-0.3, -0.25) is 0 Å². The van der Waals surface area contributed by atoms with Gasteiger partial charge in [-0.2, -0.15) is 0 Å². The number of sulfonamides is 1. The molecular formula is C13H19NO5S2. The predicted molar refractivity (Wildman–Crippen MR) is 78.1 cm³/mol. The van der Waals surface area contributed by atoms with Gasteiger partial charge in [0.05, 0.1) is 9.79 Å². The van der Waals surface area contributed by atoms with Crippen molar-refractivity contribution in [2.75, 3.05) is 19.4 Å². The number of rotatable bonds is 7. The Labute approximate surface area is 125 Å². The van der Waals surface area contributed by atoms with Crippen molar-refractivity contribution in [1.82, 2.24) is 4.72 Å². The van der Waals surface area contributed by atoms with Crippen molar-refractivity contribution in [3.8, 4) is 0 Å². The van der Waals surface area contributed by atoms with E-state index in [0.717, 1.165) is 19.1 Å². The molecule has 1 aliphatic carbocycles. The van der Waals surface area contributed by atoms with Crippen molar-refractivity contribution in [1.29, 1.82) is 0 Å². The van der Waals surface area contributed by atoms with Gasteiger partial charge >= 0.3 is 0 Å². The third kappa shape index (κ3) is 4.03. The lowest BCUT2D eigenvalue weighted by Crippen LogP contribution is -2.30. The van der Waals surface area contributed by atoms with Crippen LogP contribution in [-0.2, 0) is 19.9 Å². The number of benzene rings is 1. The molecule has 1 saturated carbocycles. The summed E-state index contributed by atoms with van der Waals surface area (Å²) in [4.78, 5) is 0.120. The van der Waals surface area contributed by atoms with Crippen LogP contribution in [0, 0.1) is 5.41 Å². The van der Waals surface area contributed by atoms with Gasteiger partial charge in [0.2, 0.25) is 10.0 Å². The highest BCUT2D eigenvalue weighted by atomic mass is 32.2. The van der Waals surface area contributed by atoms with Gasteiger partial charge in [0.1, 0.15) is 0 Å². The lowest BCUT2D eigenvalue weighted by Gasteiger charge is -2.14. The summed E-state index contributed by atoms with van der Waals surface area (Å²) >= 11 is 0. The fraction of sp³-hybridized carbons (Fsp3) is 0.538. The SMILES string of the molecule is CS(=O)(=O)c1ccc(S(=O)(=O)NCC2(CCO)CC2)cc1. The summed E-state index contributed by atoms with van der Waals surface area (Å²) in [5, 5.41) is 8.96. The zero-order valence-corrected chi connectivity index (χ0v) is 13.4. The summed E-state index contributed by atoms with van der Waals surface area (Å²) < 4.78 is 49.5. The molecule has 0 bridgehead atoms. The van der Waals surface area contributed by atoms with Gasteiger partial charge in [-0.1, -0.05) is 0 Å². The number of sulfone groups is 1. The maximum absolute atomic E-state index is 12.1. The first-order valence-electron chi connectivity index (χ1n) is 6.59. The third-order valence-corrected chi connectivity index (χ3v) is 6.34. The van der Waals surface area contributed by atoms with Crippen LogP contribution in [0.4, 0.5) is 0 Å². The summed E-state index contributed by atoms with van der Waals surface area (Å²) in [6.45, 7) is 0.342. The smallest absolute Gasteiger partial charge is 0.240 e. The molecule has 0 atom stereocenters. The van der Waals surface area contributed by atoms with Gasteiger partial charge < -0.3 is 5.11 Å². The number of hydrogen-bond donors (Lipinski definition) is 2. The molecule has 8 heteroatoms. The lowest BCUT2D eigenvalue weighted by molar-refractivity contribution is 0.249. The van der Waals surface area contributed by atoms with Gasteiger partial charge in [0.15, 0.2) is 9.84 Å². The summed E-state index contributed by atoms with van der Waals surface area (Å²) in [6.07, 6.45) is 3.47. The first kappa shape index (κ1) is 16.4. The Morgan fingerprint density at radius 3 is 2.05 bits per heavy atom. The Balaban J connectivity index is 2.09. The molecule has 2 rings (SSSR count). The van der Waals surface area contributed by atoms with E-state index in [9.17, 15) is 16.8 Å². The van der Waals surface area contributed by atoms with E-state index >= 15 is 0 Å². The average molecular weight is 333 g/mol. The van der Waals surface area contributed by atoms with E-state index in [1.807, 2.05) is 0 Å². The van der Waals surface area contributed by atoms with Gasteiger partial charge in [0, 0.05) is 19.4 Å². The Bertz CT molecular complexity index is 703. The van der Waals surface area contributed by atoms with Crippen molar-refractivity contribution < 1.29 is 21.9 Å². The van der Waals surface area contributed by atoms with Crippen molar-refractivity contribution in [3.63, 3.8) is 0 Å². The van der Waals surface area contributed by atoms with Crippen LogP contribution in [-0.4, -0.2) is 41.3 Å². The molecular weight excluding hydrogens is 314 g/mol. The minimum Gasteiger partial charge on any atom is -0.396 e. The second-order valence-electron chi connectivity index (χ2n) is 5.54. The monoisotopic (exact) mass is 333 g/mol. The first-order chi connectivity index (χ1) is 9.69. The van der Waals surface area contributed by atoms with Crippen LogP contribution in [0.3, 0.4) is 0 Å². The molecule has 21 heavy (non-hydrogen) atoms. The minimum atomic E-state index is -3.66. The van der Waals surface area contributed by atoms with Crippen molar-refractivity contribution in [2.24, 2.45) is 5.41 Å². The van der Waals surface area contributed by atoms with Crippen LogP contribution >= 0.6 is 0 Å². The predicted octanol–water partition coefficient (Wildman–Crippen LogP) is 0.531. The molecule has 6 nitrogen and oxygen atoms in total. The van der Waals surface area contributed by atoms with Crippen molar-refractivity contribution >= 4 is 19.9 Å².